The normalized spacial score (nSPS) is 12.5. The lowest BCUT2D eigenvalue weighted by molar-refractivity contribution is 0.174. The van der Waals surface area contributed by atoms with Crippen molar-refractivity contribution < 1.29 is 9.47 Å². The average molecular weight is 241 g/mol. The fourth-order valence-electron chi connectivity index (χ4n) is 1.93. The average Bonchev–Trinajstić information content (AvgIpc) is 2.85. The zero-order valence-corrected chi connectivity index (χ0v) is 10.3. The Morgan fingerprint density at radius 2 is 1.78 bits per heavy atom. The standard InChI is InChI=1S/C15H15NO2/c1-11-2-5-13(6-3-11)16-9-12-4-7-14-15(8-12)18-10-17-14/h2-8,16H,9-10H2,1H3. The van der Waals surface area contributed by atoms with Gasteiger partial charge in [0.15, 0.2) is 11.5 Å². The van der Waals surface area contributed by atoms with E-state index in [1.807, 2.05) is 12.1 Å². The number of aryl methyl sites for hydroxylation is 1. The van der Waals surface area contributed by atoms with Gasteiger partial charge in [0.1, 0.15) is 0 Å². The van der Waals surface area contributed by atoms with Gasteiger partial charge in [-0.3, -0.25) is 0 Å². The summed E-state index contributed by atoms with van der Waals surface area (Å²) in [5.41, 5.74) is 3.57. The van der Waals surface area contributed by atoms with Gasteiger partial charge < -0.3 is 14.8 Å². The van der Waals surface area contributed by atoms with Gasteiger partial charge in [0, 0.05) is 12.2 Å². The molecule has 3 rings (SSSR count). The SMILES string of the molecule is Cc1ccc(NCc2ccc3c(c2)OCO3)cc1. The van der Waals surface area contributed by atoms with E-state index in [4.69, 9.17) is 9.47 Å². The van der Waals surface area contributed by atoms with Crippen molar-refractivity contribution in [3.8, 4) is 11.5 Å². The number of benzene rings is 2. The summed E-state index contributed by atoms with van der Waals surface area (Å²) in [5, 5.41) is 3.38. The van der Waals surface area contributed by atoms with Crippen molar-refractivity contribution in [1.82, 2.24) is 0 Å². The molecular weight excluding hydrogens is 226 g/mol. The van der Waals surface area contributed by atoms with Crippen molar-refractivity contribution >= 4 is 5.69 Å². The molecule has 0 bridgehead atoms. The van der Waals surface area contributed by atoms with Gasteiger partial charge in [0.05, 0.1) is 0 Å². The van der Waals surface area contributed by atoms with Crippen LogP contribution in [0.15, 0.2) is 42.5 Å². The van der Waals surface area contributed by atoms with E-state index in [0.29, 0.717) is 6.79 Å². The van der Waals surface area contributed by atoms with E-state index < -0.39 is 0 Å². The van der Waals surface area contributed by atoms with E-state index in [-0.39, 0.29) is 0 Å². The molecule has 0 saturated heterocycles. The van der Waals surface area contributed by atoms with Gasteiger partial charge in [-0.2, -0.15) is 0 Å². The fraction of sp³-hybridized carbons (Fsp3) is 0.200. The monoisotopic (exact) mass is 241 g/mol. The molecule has 0 unspecified atom stereocenters. The van der Waals surface area contributed by atoms with E-state index in [0.717, 1.165) is 23.7 Å². The summed E-state index contributed by atoms with van der Waals surface area (Å²) >= 11 is 0. The number of hydrogen-bond acceptors (Lipinski definition) is 3. The van der Waals surface area contributed by atoms with E-state index in [9.17, 15) is 0 Å². The number of rotatable bonds is 3. The molecule has 3 heteroatoms. The first-order valence-electron chi connectivity index (χ1n) is 6.00. The molecule has 2 aromatic rings. The van der Waals surface area contributed by atoms with Gasteiger partial charge in [-0.1, -0.05) is 23.8 Å². The minimum atomic E-state index is 0.324. The Morgan fingerprint density at radius 3 is 2.61 bits per heavy atom. The first-order valence-corrected chi connectivity index (χ1v) is 6.00. The van der Waals surface area contributed by atoms with Crippen molar-refractivity contribution in [1.29, 1.82) is 0 Å². The summed E-state index contributed by atoms with van der Waals surface area (Å²) < 4.78 is 10.6. The molecule has 92 valence electrons. The number of hydrogen-bond donors (Lipinski definition) is 1. The molecule has 1 aliphatic heterocycles. The van der Waals surface area contributed by atoms with E-state index >= 15 is 0 Å². The largest absolute Gasteiger partial charge is 0.454 e. The quantitative estimate of drug-likeness (QED) is 0.894. The molecule has 0 radical (unpaired) electrons. The number of anilines is 1. The van der Waals surface area contributed by atoms with Gasteiger partial charge >= 0.3 is 0 Å². The minimum Gasteiger partial charge on any atom is -0.454 e. The third-order valence-corrected chi connectivity index (χ3v) is 2.99. The van der Waals surface area contributed by atoms with Gasteiger partial charge in [-0.25, -0.2) is 0 Å². The van der Waals surface area contributed by atoms with Crippen molar-refractivity contribution in [3.63, 3.8) is 0 Å². The van der Waals surface area contributed by atoms with Crippen LogP contribution in [0.4, 0.5) is 5.69 Å². The molecule has 3 nitrogen and oxygen atoms in total. The Hall–Kier alpha value is -2.16. The Kier molecular flexibility index (Phi) is 2.81. The van der Waals surface area contributed by atoms with Crippen molar-refractivity contribution in [2.75, 3.05) is 12.1 Å². The lowest BCUT2D eigenvalue weighted by atomic mass is 10.2. The van der Waals surface area contributed by atoms with E-state index in [2.05, 4.69) is 42.6 Å². The molecule has 1 aliphatic rings. The first-order chi connectivity index (χ1) is 8.81. The fourth-order valence-corrected chi connectivity index (χ4v) is 1.93. The zero-order valence-electron chi connectivity index (χ0n) is 10.3. The highest BCUT2D eigenvalue weighted by atomic mass is 16.7. The maximum atomic E-state index is 5.36. The number of fused-ring (bicyclic) bond motifs is 1. The molecule has 0 saturated carbocycles. The Balaban J connectivity index is 1.68. The van der Waals surface area contributed by atoms with Crippen molar-refractivity contribution in [3.05, 3.63) is 53.6 Å². The summed E-state index contributed by atoms with van der Waals surface area (Å²) in [6.07, 6.45) is 0. The van der Waals surface area contributed by atoms with Crippen LogP contribution < -0.4 is 14.8 Å². The van der Waals surface area contributed by atoms with Gasteiger partial charge in [0.2, 0.25) is 6.79 Å². The Labute approximate surface area is 106 Å². The van der Waals surface area contributed by atoms with Crippen LogP contribution in [-0.4, -0.2) is 6.79 Å². The van der Waals surface area contributed by atoms with Crippen LogP contribution in [0.1, 0.15) is 11.1 Å². The highest BCUT2D eigenvalue weighted by Gasteiger charge is 2.12. The lowest BCUT2D eigenvalue weighted by Gasteiger charge is -2.07. The summed E-state index contributed by atoms with van der Waals surface area (Å²) in [5.74, 6) is 1.66. The maximum Gasteiger partial charge on any atom is 0.231 e. The number of ether oxygens (including phenoxy) is 2. The third kappa shape index (κ3) is 2.25. The minimum absolute atomic E-state index is 0.324. The molecule has 2 aromatic carbocycles. The molecule has 0 amide bonds. The topological polar surface area (TPSA) is 30.5 Å². The summed E-state index contributed by atoms with van der Waals surface area (Å²) in [6.45, 7) is 3.19. The highest BCUT2D eigenvalue weighted by molar-refractivity contribution is 5.48. The first kappa shape index (κ1) is 11.0. The van der Waals surface area contributed by atoms with Crippen LogP contribution in [0.3, 0.4) is 0 Å². The van der Waals surface area contributed by atoms with Gasteiger partial charge in [-0.05, 0) is 36.8 Å². The molecule has 0 spiro atoms. The summed E-state index contributed by atoms with van der Waals surface area (Å²) in [6, 6.07) is 14.4. The van der Waals surface area contributed by atoms with Crippen LogP contribution in [0.2, 0.25) is 0 Å². The maximum absolute atomic E-state index is 5.36. The molecule has 18 heavy (non-hydrogen) atoms. The smallest absolute Gasteiger partial charge is 0.231 e. The molecule has 0 atom stereocenters. The Bertz CT molecular complexity index is 549. The van der Waals surface area contributed by atoms with Crippen LogP contribution >= 0.6 is 0 Å². The molecule has 1 heterocycles. The molecule has 1 N–H and O–H groups in total. The van der Waals surface area contributed by atoms with Crippen molar-refractivity contribution in [2.24, 2.45) is 0 Å². The van der Waals surface area contributed by atoms with E-state index in [1.165, 1.54) is 11.1 Å². The van der Waals surface area contributed by atoms with Crippen molar-refractivity contribution in [2.45, 2.75) is 13.5 Å². The molecule has 0 aliphatic carbocycles. The summed E-state index contributed by atoms with van der Waals surface area (Å²) in [4.78, 5) is 0. The van der Waals surface area contributed by atoms with Crippen LogP contribution in [0.25, 0.3) is 0 Å². The van der Waals surface area contributed by atoms with E-state index in [1.54, 1.807) is 0 Å². The molecular formula is C15H15NO2. The van der Waals surface area contributed by atoms with Crippen LogP contribution in [0.5, 0.6) is 11.5 Å². The second kappa shape index (κ2) is 4.61. The third-order valence-electron chi connectivity index (χ3n) is 2.99. The van der Waals surface area contributed by atoms with Crippen LogP contribution in [-0.2, 0) is 6.54 Å². The predicted molar refractivity (Wildman–Crippen MR) is 71.1 cm³/mol. The second-order valence-corrected chi connectivity index (χ2v) is 4.41. The van der Waals surface area contributed by atoms with Gasteiger partial charge in [0.25, 0.3) is 0 Å². The lowest BCUT2D eigenvalue weighted by Crippen LogP contribution is -1.99. The zero-order chi connectivity index (χ0) is 12.4. The molecule has 0 fully saturated rings. The highest BCUT2D eigenvalue weighted by Crippen LogP contribution is 2.32. The number of nitrogens with one attached hydrogen (secondary N) is 1. The van der Waals surface area contributed by atoms with Gasteiger partial charge in [-0.15, -0.1) is 0 Å². The summed E-state index contributed by atoms with van der Waals surface area (Å²) in [7, 11) is 0. The van der Waals surface area contributed by atoms with Crippen LogP contribution in [0, 0.1) is 6.92 Å². The second-order valence-electron chi connectivity index (χ2n) is 4.41. The predicted octanol–water partition coefficient (Wildman–Crippen LogP) is 3.34. The Morgan fingerprint density at radius 1 is 1.00 bits per heavy atom. The molecule has 0 aromatic heterocycles.